The van der Waals surface area contributed by atoms with E-state index in [0.29, 0.717) is 28.4 Å². The van der Waals surface area contributed by atoms with E-state index in [1.54, 1.807) is 36.4 Å². The monoisotopic (exact) mass is 380 g/mol. The fourth-order valence-corrected chi connectivity index (χ4v) is 2.67. The second kappa shape index (κ2) is 7.37. The van der Waals surface area contributed by atoms with Crippen LogP contribution in [0.4, 0.5) is 0 Å². The zero-order chi connectivity index (χ0) is 17.0. The predicted molar refractivity (Wildman–Crippen MR) is 89.7 cm³/mol. The summed E-state index contributed by atoms with van der Waals surface area (Å²) in [6.07, 6.45) is 0. The Morgan fingerprint density at radius 1 is 1.00 bits per heavy atom. The summed E-state index contributed by atoms with van der Waals surface area (Å²) in [6.45, 7) is 0. The molecule has 0 bridgehead atoms. The van der Waals surface area contributed by atoms with Crippen LogP contribution in [0.2, 0.25) is 0 Å². The van der Waals surface area contributed by atoms with Gasteiger partial charge in [0, 0.05) is 16.6 Å². The lowest BCUT2D eigenvalue weighted by molar-refractivity contribution is -0.137. The van der Waals surface area contributed by atoms with E-state index in [4.69, 9.17) is 14.2 Å². The first-order valence-electron chi connectivity index (χ1n) is 6.80. The molecule has 0 saturated carbocycles. The van der Waals surface area contributed by atoms with Gasteiger partial charge in [0.25, 0.3) is 0 Å². The second-order valence-corrected chi connectivity index (χ2v) is 5.68. The number of rotatable bonds is 6. The van der Waals surface area contributed by atoms with Crippen LogP contribution in [0.25, 0.3) is 0 Å². The van der Waals surface area contributed by atoms with Crippen molar-refractivity contribution in [1.29, 1.82) is 0 Å². The Labute approximate surface area is 142 Å². The average molecular weight is 381 g/mol. The summed E-state index contributed by atoms with van der Waals surface area (Å²) in [4.78, 5) is 11.9. The lowest BCUT2D eigenvalue weighted by atomic mass is 9.89. The van der Waals surface area contributed by atoms with Gasteiger partial charge in [0.2, 0.25) is 0 Å². The molecular weight excluding hydrogens is 364 g/mol. The molecule has 0 radical (unpaired) electrons. The number of ether oxygens (including phenoxy) is 3. The molecule has 122 valence electrons. The number of hydrogen-bond donors (Lipinski definition) is 1. The van der Waals surface area contributed by atoms with Crippen LogP contribution >= 0.6 is 15.9 Å². The van der Waals surface area contributed by atoms with Crippen molar-refractivity contribution in [3.63, 3.8) is 0 Å². The van der Waals surface area contributed by atoms with Crippen molar-refractivity contribution in [1.82, 2.24) is 0 Å². The van der Waals surface area contributed by atoms with Crippen LogP contribution in [-0.2, 0) is 4.79 Å². The summed E-state index contributed by atoms with van der Waals surface area (Å²) in [5.74, 6) is -0.580. The molecule has 0 heterocycles. The van der Waals surface area contributed by atoms with Crippen LogP contribution in [0.3, 0.4) is 0 Å². The van der Waals surface area contributed by atoms with Crippen molar-refractivity contribution < 1.29 is 24.1 Å². The average Bonchev–Trinajstić information content (AvgIpc) is 2.56. The van der Waals surface area contributed by atoms with E-state index in [0.717, 1.165) is 4.47 Å². The first kappa shape index (κ1) is 17.1. The maximum Gasteiger partial charge on any atom is 0.315 e. The van der Waals surface area contributed by atoms with E-state index in [1.165, 1.54) is 21.3 Å². The number of methoxy groups -OCH3 is 3. The topological polar surface area (TPSA) is 65.0 Å². The minimum atomic E-state index is -0.992. The Bertz CT molecular complexity index is 672. The summed E-state index contributed by atoms with van der Waals surface area (Å²) in [7, 11) is 4.49. The molecule has 5 nitrogen and oxygen atoms in total. The summed E-state index contributed by atoms with van der Waals surface area (Å²) in [6, 6.07) is 10.4. The van der Waals surface area contributed by atoms with Gasteiger partial charge in [0.1, 0.15) is 23.2 Å². The Morgan fingerprint density at radius 2 is 1.52 bits per heavy atom. The molecule has 2 aromatic carbocycles. The second-order valence-electron chi connectivity index (χ2n) is 4.77. The fourth-order valence-electron chi connectivity index (χ4n) is 2.41. The minimum Gasteiger partial charge on any atom is -0.496 e. The van der Waals surface area contributed by atoms with Gasteiger partial charge in [0.05, 0.1) is 26.9 Å². The zero-order valence-electron chi connectivity index (χ0n) is 13.0. The normalized spacial score (nSPS) is 11.7. The molecule has 2 aromatic rings. The molecule has 0 saturated heterocycles. The van der Waals surface area contributed by atoms with Gasteiger partial charge in [-0.25, -0.2) is 0 Å². The quantitative estimate of drug-likeness (QED) is 0.827. The number of aliphatic carboxylic acids is 1. The van der Waals surface area contributed by atoms with Gasteiger partial charge >= 0.3 is 5.97 Å². The smallest absolute Gasteiger partial charge is 0.315 e. The van der Waals surface area contributed by atoms with Crippen LogP contribution in [0.1, 0.15) is 17.0 Å². The number of carbonyl (C=O) groups is 1. The maximum absolute atomic E-state index is 11.9. The molecule has 23 heavy (non-hydrogen) atoms. The van der Waals surface area contributed by atoms with Gasteiger partial charge in [-0.3, -0.25) is 4.79 Å². The standard InChI is InChI=1S/C17H17BrO5/c1-21-12-8-13(22-2)16(14(9-12)23-3)15(17(19)20)10-4-6-11(18)7-5-10/h4-9,15H,1-3H3,(H,19,20). The highest BCUT2D eigenvalue weighted by Crippen LogP contribution is 2.42. The lowest BCUT2D eigenvalue weighted by Crippen LogP contribution is -2.15. The number of hydrogen-bond acceptors (Lipinski definition) is 4. The molecule has 0 aliphatic heterocycles. The van der Waals surface area contributed by atoms with E-state index in [2.05, 4.69) is 15.9 Å². The van der Waals surface area contributed by atoms with Crippen molar-refractivity contribution in [3.05, 3.63) is 52.0 Å². The molecule has 0 spiro atoms. The van der Waals surface area contributed by atoms with Crippen LogP contribution in [0.5, 0.6) is 17.2 Å². The van der Waals surface area contributed by atoms with E-state index in [9.17, 15) is 9.90 Å². The highest BCUT2D eigenvalue weighted by atomic mass is 79.9. The molecule has 0 aliphatic rings. The summed E-state index contributed by atoms with van der Waals surface area (Å²) in [5.41, 5.74) is 1.08. The Balaban J connectivity index is 2.67. The number of carboxylic acids is 1. The van der Waals surface area contributed by atoms with Crippen LogP contribution in [0, 0.1) is 0 Å². The molecule has 0 aliphatic carbocycles. The first-order valence-corrected chi connectivity index (χ1v) is 7.59. The van der Waals surface area contributed by atoms with Gasteiger partial charge in [-0.2, -0.15) is 0 Å². The molecule has 0 amide bonds. The maximum atomic E-state index is 11.9. The molecular formula is C17H17BrO5. The van der Waals surface area contributed by atoms with Gasteiger partial charge in [-0.15, -0.1) is 0 Å². The number of benzene rings is 2. The van der Waals surface area contributed by atoms with E-state index < -0.39 is 11.9 Å². The summed E-state index contributed by atoms with van der Waals surface area (Å²) >= 11 is 3.35. The number of carboxylic acid groups (broad SMARTS) is 1. The molecule has 0 aromatic heterocycles. The minimum absolute atomic E-state index is 0.400. The molecule has 2 rings (SSSR count). The SMILES string of the molecule is COc1cc(OC)c(C(C(=O)O)c2ccc(Br)cc2)c(OC)c1. The first-order chi connectivity index (χ1) is 11.0. The van der Waals surface area contributed by atoms with E-state index in [1.807, 2.05) is 0 Å². The third-order valence-electron chi connectivity index (χ3n) is 3.49. The third-order valence-corrected chi connectivity index (χ3v) is 4.02. The van der Waals surface area contributed by atoms with E-state index in [-0.39, 0.29) is 0 Å². The largest absolute Gasteiger partial charge is 0.496 e. The van der Waals surface area contributed by atoms with Gasteiger partial charge in [0.15, 0.2) is 0 Å². The lowest BCUT2D eigenvalue weighted by Gasteiger charge is -2.20. The van der Waals surface area contributed by atoms with Gasteiger partial charge < -0.3 is 19.3 Å². The molecule has 1 atom stereocenters. The zero-order valence-corrected chi connectivity index (χ0v) is 14.6. The Kier molecular flexibility index (Phi) is 5.50. The fraction of sp³-hybridized carbons (Fsp3) is 0.235. The van der Waals surface area contributed by atoms with Crippen molar-refractivity contribution in [2.24, 2.45) is 0 Å². The molecule has 6 heteroatoms. The summed E-state index contributed by atoms with van der Waals surface area (Å²) in [5, 5.41) is 9.76. The number of halogens is 1. The Morgan fingerprint density at radius 3 is 1.91 bits per heavy atom. The van der Waals surface area contributed by atoms with Crippen molar-refractivity contribution in [2.75, 3.05) is 21.3 Å². The highest BCUT2D eigenvalue weighted by Gasteiger charge is 2.29. The van der Waals surface area contributed by atoms with Gasteiger partial charge in [-0.1, -0.05) is 28.1 Å². The van der Waals surface area contributed by atoms with E-state index >= 15 is 0 Å². The highest BCUT2D eigenvalue weighted by molar-refractivity contribution is 9.10. The van der Waals surface area contributed by atoms with Crippen molar-refractivity contribution >= 4 is 21.9 Å². The molecule has 1 N–H and O–H groups in total. The summed E-state index contributed by atoms with van der Waals surface area (Å²) < 4.78 is 16.8. The van der Waals surface area contributed by atoms with Crippen molar-refractivity contribution in [2.45, 2.75) is 5.92 Å². The predicted octanol–water partition coefficient (Wildman–Crippen LogP) is 3.69. The van der Waals surface area contributed by atoms with Crippen molar-refractivity contribution in [3.8, 4) is 17.2 Å². The van der Waals surface area contributed by atoms with Gasteiger partial charge in [-0.05, 0) is 17.7 Å². The Hall–Kier alpha value is -2.21. The van der Waals surface area contributed by atoms with Crippen LogP contribution in [0.15, 0.2) is 40.9 Å². The molecule has 1 unspecified atom stereocenters. The molecule has 0 fully saturated rings. The third kappa shape index (κ3) is 3.59. The van der Waals surface area contributed by atoms with Crippen LogP contribution < -0.4 is 14.2 Å². The van der Waals surface area contributed by atoms with Crippen LogP contribution in [-0.4, -0.2) is 32.4 Å².